The third kappa shape index (κ3) is 4.19. The van der Waals surface area contributed by atoms with Gasteiger partial charge >= 0.3 is 0 Å². The molecule has 0 saturated heterocycles. The molecule has 4 aromatic carbocycles. The van der Waals surface area contributed by atoms with Crippen molar-refractivity contribution in [2.75, 3.05) is 0 Å². The molecule has 33 heavy (non-hydrogen) atoms. The summed E-state index contributed by atoms with van der Waals surface area (Å²) in [4.78, 5) is 0. The van der Waals surface area contributed by atoms with Crippen molar-refractivity contribution < 1.29 is 15.3 Å². The van der Waals surface area contributed by atoms with Crippen LogP contribution in [-0.4, -0.2) is 15.3 Å². The van der Waals surface area contributed by atoms with Crippen LogP contribution in [0.3, 0.4) is 0 Å². The van der Waals surface area contributed by atoms with E-state index >= 15 is 0 Å². The van der Waals surface area contributed by atoms with E-state index in [1.165, 1.54) is 0 Å². The molecule has 3 nitrogen and oxygen atoms in total. The van der Waals surface area contributed by atoms with Crippen LogP contribution in [-0.2, 0) is 18.3 Å². The quantitative estimate of drug-likeness (QED) is 0.286. The van der Waals surface area contributed by atoms with Crippen molar-refractivity contribution in [3.8, 4) is 28.4 Å². The van der Waals surface area contributed by atoms with E-state index in [2.05, 4.69) is 43.3 Å². The predicted molar refractivity (Wildman–Crippen MR) is 134 cm³/mol. The molecule has 4 rings (SSSR count). The Morgan fingerprint density at radius 1 is 0.545 bits per heavy atom. The molecule has 0 fully saturated rings. The van der Waals surface area contributed by atoms with Gasteiger partial charge in [-0.1, -0.05) is 74.5 Å². The van der Waals surface area contributed by atoms with Gasteiger partial charge in [-0.15, -0.1) is 0 Å². The summed E-state index contributed by atoms with van der Waals surface area (Å²) in [5.74, 6) is 0.874. The third-order valence-corrected chi connectivity index (χ3v) is 6.74. The van der Waals surface area contributed by atoms with Crippen molar-refractivity contribution in [1.29, 1.82) is 0 Å². The van der Waals surface area contributed by atoms with Gasteiger partial charge in [0.1, 0.15) is 17.2 Å². The lowest BCUT2D eigenvalue weighted by atomic mass is 9.70. The molecule has 0 radical (unpaired) electrons. The van der Waals surface area contributed by atoms with Crippen LogP contribution in [0.25, 0.3) is 11.1 Å². The molecule has 0 aromatic heterocycles. The molecule has 3 heteroatoms. The number of aromatic hydroxyl groups is 3. The van der Waals surface area contributed by atoms with Crippen LogP contribution >= 0.6 is 0 Å². The first-order valence-corrected chi connectivity index (χ1v) is 11.4. The zero-order valence-electron chi connectivity index (χ0n) is 19.3. The Bertz CT molecular complexity index is 1200. The van der Waals surface area contributed by atoms with Crippen molar-refractivity contribution in [1.82, 2.24) is 0 Å². The topological polar surface area (TPSA) is 60.7 Å². The van der Waals surface area contributed by atoms with Crippen molar-refractivity contribution in [2.24, 2.45) is 0 Å². The second-order valence-corrected chi connectivity index (χ2v) is 8.64. The first-order chi connectivity index (χ1) is 15.9. The molecule has 0 amide bonds. The molecule has 0 spiro atoms. The van der Waals surface area contributed by atoms with E-state index in [0.717, 1.165) is 51.8 Å². The average Bonchev–Trinajstić information content (AvgIpc) is 2.84. The van der Waals surface area contributed by atoms with Crippen LogP contribution in [0, 0.1) is 0 Å². The fourth-order valence-electron chi connectivity index (χ4n) is 4.51. The second kappa shape index (κ2) is 9.03. The van der Waals surface area contributed by atoms with Crippen molar-refractivity contribution in [3.63, 3.8) is 0 Å². The summed E-state index contributed by atoms with van der Waals surface area (Å²) in [7, 11) is 0. The normalized spacial score (nSPS) is 11.5. The van der Waals surface area contributed by atoms with Crippen LogP contribution in [0.4, 0.5) is 0 Å². The maximum atomic E-state index is 10.3. The predicted octanol–water partition coefficient (Wildman–Crippen LogP) is 6.95. The molecule has 0 bridgehead atoms. The van der Waals surface area contributed by atoms with Crippen LogP contribution in [0.2, 0.25) is 0 Å². The summed E-state index contributed by atoms with van der Waals surface area (Å²) >= 11 is 0. The first-order valence-electron chi connectivity index (χ1n) is 11.4. The number of phenols is 3. The second-order valence-electron chi connectivity index (χ2n) is 8.64. The minimum absolute atomic E-state index is 0.251. The highest BCUT2D eigenvalue weighted by Crippen LogP contribution is 2.42. The van der Waals surface area contributed by atoms with Crippen molar-refractivity contribution in [3.05, 3.63) is 113 Å². The Kier molecular flexibility index (Phi) is 6.15. The molecule has 0 aliphatic carbocycles. The molecule has 0 aliphatic rings. The molecule has 0 unspecified atom stereocenters. The summed E-state index contributed by atoms with van der Waals surface area (Å²) < 4.78 is 0. The van der Waals surface area contributed by atoms with Crippen molar-refractivity contribution in [2.45, 2.75) is 39.0 Å². The molecule has 4 aromatic rings. The van der Waals surface area contributed by atoms with E-state index in [-0.39, 0.29) is 5.75 Å². The van der Waals surface area contributed by atoms with Crippen LogP contribution in [0.15, 0.2) is 84.9 Å². The van der Waals surface area contributed by atoms with E-state index in [1.54, 1.807) is 24.3 Å². The maximum Gasteiger partial charge on any atom is 0.118 e. The molecule has 0 heterocycles. The lowest BCUT2D eigenvalue weighted by Crippen LogP contribution is -2.25. The third-order valence-electron chi connectivity index (χ3n) is 6.74. The molecule has 168 valence electrons. The van der Waals surface area contributed by atoms with E-state index < -0.39 is 5.41 Å². The molecule has 0 saturated carbocycles. The van der Waals surface area contributed by atoms with E-state index in [9.17, 15) is 15.3 Å². The van der Waals surface area contributed by atoms with Gasteiger partial charge in [0.15, 0.2) is 0 Å². The number of hydrogen-bond donors (Lipinski definition) is 3. The lowest BCUT2D eigenvalue weighted by Gasteiger charge is -2.33. The van der Waals surface area contributed by atoms with Gasteiger partial charge in [-0.2, -0.15) is 0 Å². The van der Waals surface area contributed by atoms with Gasteiger partial charge in [-0.3, -0.25) is 0 Å². The highest BCUT2D eigenvalue weighted by molar-refractivity contribution is 5.65. The number of rotatable bonds is 6. The molecule has 0 atom stereocenters. The van der Waals surface area contributed by atoms with Gasteiger partial charge < -0.3 is 15.3 Å². The Morgan fingerprint density at radius 2 is 0.939 bits per heavy atom. The maximum absolute atomic E-state index is 10.3. The first kappa shape index (κ1) is 22.5. The molecular weight excluding hydrogens is 408 g/mol. The average molecular weight is 439 g/mol. The Hall–Kier alpha value is -3.72. The number of hydrogen-bond acceptors (Lipinski definition) is 3. The van der Waals surface area contributed by atoms with Crippen LogP contribution in [0.5, 0.6) is 17.2 Å². The number of phenolic OH excluding ortho intramolecular Hbond substituents is 3. The van der Waals surface area contributed by atoms with Gasteiger partial charge in [-0.25, -0.2) is 0 Å². The zero-order chi connectivity index (χ0) is 23.6. The molecular formula is C30H30O3. The van der Waals surface area contributed by atoms with Gasteiger partial charge in [0.25, 0.3) is 0 Å². The highest BCUT2D eigenvalue weighted by atomic mass is 16.3. The monoisotopic (exact) mass is 438 g/mol. The van der Waals surface area contributed by atoms with Crippen molar-refractivity contribution >= 4 is 0 Å². The Labute approximate surface area is 195 Å². The largest absolute Gasteiger partial charge is 0.508 e. The Morgan fingerprint density at radius 3 is 1.36 bits per heavy atom. The summed E-state index contributed by atoms with van der Waals surface area (Å²) in [6.45, 7) is 6.27. The standard InChI is InChI=1S/C30H30O3/c1-4-20-18-25(12-16-28(20)32)30(3,26-13-17-29(33)21(5-2)19-26)24-10-6-22(7-11-24)23-8-14-27(31)15-9-23/h6-19,31-33H,4-5H2,1-3H3. The van der Waals surface area contributed by atoms with Gasteiger partial charge in [0.2, 0.25) is 0 Å². The van der Waals surface area contributed by atoms with Gasteiger partial charge in [-0.05, 0) is 83.0 Å². The minimum Gasteiger partial charge on any atom is -0.508 e. The molecule has 3 N–H and O–H groups in total. The van der Waals surface area contributed by atoms with Crippen LogP contribution in [0.1, 0.15) is 48.6 Å². The zero-order valence-corrected chi connectivity index (χ0v) is 19.3. The van der Waals surface area contributed by atoms with E-state index in [4.69, 9.17) is 0 Å². The minimum atomic E-state index is -0.483. The summed E-state index contributed by atoms with van der Waals surface area (Å²) in [6, 6.07) is 27.4. The van der Waals surface area contributed by atoms with Gasteiger partial charge in [0.05, 0.1) is 0 Å². The fraction of sp³-hybridized carbons (Fsp3) is 0.200. The smallest absolute Gasteiger partial charge is 0.118 e. The molecule has 0 aliphatic heterocycles. The van der Waals surface area contributed by atoms with Crippen LogP contribution < -0.4 is 0 Å². The summed E-state index contributed by atoms with van der Waals surface area (Å²) in [5, 5.41) is 30.2. The number of aryl methyl sites for hydroxylation is 2. The fourth-order valence-corrected chi connectivity index (χ4v) is 4.51. The Balaban J connectivity index is 1.88. The summed E-state index contributed by atoms with van der Waals surface area (Å²) in [5.41, 5.74) is 6.73. The number of benzene rings is 4. The lowest BCUT2D eigenvalue weighted by molar-refractivity contribution is 0.467. The highest BCUT2D eigenvalue weighted by Gasteiger charge is 2.32. The van der Waals surface area contributed by atoms with Gasteiger partial charge in [0, 0.05) is 5.41 Å². The SMILES string of the molecule is CCc1cc(C(C)(c2ccc(-c3ccc(O)cc3)cc2)c2ccc(O)c(CC)c2)ccc1O. The summed E-state index contributed by atoms with van der Waals surface area (Å²) in [6.07, 6.45) is 1.48. The van der Waals surface area contributed by atoms with E-state index in [1.807, 2.05) is 38.1 Å². The van der Waals surface area contributed by atoms with E-state index in [0.29, 0.717) is 11.5 Å².